The molecule has 0 unspecified atom stereocenters. The fraction of sp³-hybridized carbons (Fsp3) is 0.250. The maximum atomic E-state index is 12.1. The molecule has 1 aromatic carbocycles. The zero-order valence-electron chi connectivity index (χ0n) is 13.5. The van der Waals surface area contributed by atoms with Gasteiger partial charge in [-0.15, -0.1) is 16.2 Å². The second-order valence-electron chi connectivity index (χ2n) is 4.96. The monoisotopic (exact) mass is 382 g/mol. The number of nitrogens with one attached hydrogen (secondary N) is 2. The quantitative estimate of drug-likeness (QED) is 0.511. The zero-order valence-corrected chi connectivity index (χ0v) is 15.2. The standard InChI is InChI=1S/C16H18N2O5S2/c1-2-23-12-5-7-13(8-6-12)25(21,22)18-17-16(20)10-9-14(19)15-4-3-11-24-15/h3-8,11,18H,2,9-10H2,1H3,(H,17,20). The summed E-state index contributed by atoms with van der Waals surface area (Å²) >= 11 is 1.30. The summed E-state index contributed by atoms with van der Waals surface area (Å²) in [5, 5.41) is 1.78. The van der Waals surface area contributed by atoms with Crippen LogP contribution in [0.2, 0.25) is 0 Å². The molecule has 0 aliphatic heterocycles. The van der Waals surface area contributed by atoms with Gasteiger partial charge in [-0.3, -0.25) is 15.0 Å². The van der Waals surface area contributed by atoms with Gasteiger partial charge in [-0.05, 0) is 42.6 Å². The molecule has 7 nitrogen and oxygen atoms in total. The number of hydrogen-bond donors (Lipinski definition) is 2. The second kappa shape index (κ2) is 8.75. The first-order chi connectivity index (χ1) is 11.9. The number of Topliss-reactive ketones (excluding diaryl/α,β-unsaturated/α-hetero) is 1. The van der Waals surface area contributed by atoms with Crippen LogP contribution in [0, 0.1) is 0 Å². The van der Waals surface area contributed by atoms with E-state index in [0.717, 1.165) is 0 Å². The fourth-order valence-electron chi connectivity index (χ4n) is 1.91. The van der Waals surface area contributed by atoms with Crippen LogP contribution in [0.3, 0.4) is 0 Å². The fourth-order valence-corrected chi connectivity index (χ4v) is 3.47. The Bertz CT molecular complexity index is 815. The lowest BCUT2D eigenvalue weighted by Crippen LogP contribution is -2.41. The zero-order chi connectivity index (χ0) is 18.3. The first kappa shape index (κ1) is 19.1. The van der Waals surface area contributed by atoms with E-state index in [1.807, 2.05) is 11.8 Å². The van der Waals surface area contributed by atoms with Crippen molar-refractivity contribution in [1.82, 2.24) is 10.3 Å². The Hall–Kier alpha value is -2.23. The van der Waals surface area contributed by atoms with Crippen LogP contribution in [0.15, 0.2) is 46.7 Å². The van der Waals surface area contributed by atoms with Crippen LogP contribution in [0.5, 0.6) is 5.75 Å². The summed E-state index contributed by atoms with van der Waals surface area (Å²) in [6.45, 7) is 2.30. The van der Waals surface area contributed by atoms with Gasteiger partial charge in [0.25, 0.3) is 10.0 Å². The number of hydrogen-bond acceptors (Lipinski definition) is 6. The summed E-state index contributed by atoms with van der Waals surface area (Å²) in [6, 6.07) is 9.24. The lowest BCUT2D eigenvalue weighted by atomic mass is 10.2. The van der Waals surface area contributed by atoms with Crippen molar-refractivity contribution in [2.75, 3.05) is 6.61 Å². The molecule has 0 saturated carbocycles. The number of rotatable bonds is 9. The normalized spacial score (nSPS) is 11.1. The van der Waals surface area contributed by atoms with E-state index >= 15 is 0 Å². The highest BCUT2D eigenvalue weighted by Gasteiger charge is 2.16. The molecule has 2 rings (SSSR count). The third-order valence-electron chi connectivity index (χ3n) is 3.14. The van der Waals surface area contributed by atoms with Crippen LogP contribution in [0.25, 0.3) is 0 Å². The van der Waals surface area contributed by atoms with Crippen molar-refractivity contribution in [2.45, 2.75) is 24.7 Å². The number of thiophene rings is 1. The summed E-state index contributed by atoms with van der Waals surface area (Å²) in [5.74, 6) is -0.184. The van der Waals surface area contributed by atoms with Crippen LogP contribution < -0.4 is 15.0 Å². The maximum Gasteiger partial charge on any atom is 0.257 e. The molecule has 1 amide bonds. The minimum absolute atomic E-state index is 0.00841. The van der Waals surface area contributed by atoms with Crippen molar-refractivity contribution in [3.05, 3.63) is 46.7 Å². The van der Waals surface area contributed by atoms with Crippen LogP contribution in [0.1, 0.15) is 29.4 Å². The largest absolute Gasteiger partial charge is 0.494 e. The minimum Gasteiger partial charge on any atom is -0.494 e. The van der Waals surface area contributed by atoms with Crippen LogP contribution in [-0.4, -0.2) is 26.7 Å². The molecule has 134 valence electrons. The molecule has 0 aliphatic carbocycles. The molecule has 0 fully saturated rings. The van der Waals surface area contributed by atoms with Crippen molar-refractivity contribution in [1.29, 1.82) is 0 Å². The predicted molar refractivity (Wildman–Crippen MR) is 94.0 cm³/mol. The van der Waals surface area contributed by atoms with Gasteiger partial charge < -0.3 is 4.74 Å². The van der Waals surface area contributed by atoms with Gasteiger partial charge >= 0.3 is 0 Å². The van der Waals surface area contributed by atoms with E-state index in [4.69, 9.17) is 4.74 Å². The number of carbonyl (C=O) groups excluding carboxylic acids is 2. The molecule has 2 aromatic rings. The summed E-state index contributed by atoms with van der Waals surface area (Å²) in [5.41, 5.74) is 2.10. The molecule has 0 radical (unpaired) electrons. The average Bonchev–Trinajstić information content (AvgIpc) is 3.13. The topological polar surface area (TPSA) is 102 Å². The first-order valence-electron chi connectivity index (χ1n) is 7.52. The smallest absolute Gasteiger partial charge is 0.257 e. The Morgan fingerprint density at radius 3 is 2.44 bits per heavy atom. The highest BCUT2D eigenvalue weighted by atomic mass is 32.2. The van der Waals surface area contributed by atoms with Crippen LogP contribution in [0.4, 0.5) is 0 Å². The molecule has 2 N–H and O–H groups in total. The van der Waals surface area contributed by atoms with E-state index in [0.29, 0.717) is 17.2 Å². The molecule has 0 atom stereocenters. The Labute approximate surface area is 150 Å². The molecule has 1 aromatic heterocycles. The molecule has 0 spiro atoms. The van der Waals surface area contributed by atoms with Crippen molar-refractivity contribution in [3.63, 3.8) is 0 Å². The molecule has 25 heavy (non-hydrogen) atoms. The number of carbonyl (C=O) groups is 2. The Balaban J connectivity index is 1.84. The minimum atomic E-state index is -3.89. The van der Waals surface area contributed by atoms with Gasteiger partial charge in [0.1, 0.15) is 5.75 Å². The van der Waals surface area contributed by atoms with Gasteiger partial charge in [0.2, 0.25) is 5.91 Å². The van der Waals surface area contributed by atoms with E-state index < -0.39 is 15.9 Å². The number of hydrazine groups is 1. The Morgan fingerprint density at radius 1 is 1.12 bits per heavy atom. The summed E-state index contributed by atoms with van der Waals surface area (Å²) < 4.78 is 29.4. The van der Waals surface area contributed by atoms with Crippen molar-refractivity contribution in [3.8, 4) is 5.75 Å². The predicted octanol–water partition coefficient (Wildman–Crippen LogP) is 2.12. The number of amides is 1. The molecule has 0 bridgehead atoms. The van der Waals surface area contributed by atoms with Gasteiger partial charge in [0, 0.05) is 12.8 Å². The summed E-state index contributed by atoms with van der Waals surface area (Å²) in [6.07, 6.45) is -0.0976. The molecule has 0 aliphatic rings. The SMILES string of the molecule is CCOc1ccc(S(=O)(=O)NNC(=O)CCC(=O)c2cccs2)cc1. The average molecular weight is 382 g/mol. The van der Waals surface area contributed by atoms with Crippen molar-refractivity contribution >= 4 is 33.1 Å². The van der Waals surface area contributed by atoms with Crippen LogP contribution in [-0.2, 0) is 14.8 Å². The second-order valence-corrected chi connectivity index (χ2v) is 7.59. The molecule has 1 heterocycles. The number of ketones is 1. The van der Waals surface area contributed by atoms with Gasteiger partial charge in [-0.25, -0.2) is 8.42 Å². The molecule has 9 heteroatoms. The Kier molecular flexibility index (Phi) is 6.68. The molecular formula is C16H18N2O5S2. The van der Waals surface area contributed by atoms with E-state index in [1.54, 1.807) is 17.5 Å². The van der Waals surface area contributed by atoms with Crippen molar-refractivity contribution in [2.24, 2.45) is 0 Å². The van der Waals surface area contributed by atoms with E-state index in [1.165, 1.54) is 35.6 Å². The van der Waals surface area contributed by atoms with Gasteiger partial charge in [-0.2, -0.15) is 0 Å². The Morgan fingerprint density at radius 2 is 1.84 bits per heavy atom. The first-order valence-corrected chi connectivity index (χ1v) is 9.89. The number of ether oxygens (including phenoxy) is 1. The highest BCUT2D eigenvalue weighted by Crippen LogP contribution is 2.15. The third-order valence-corrected chi connectivity index (χ3v) is 5.32. The maximum absolute atomic E-state index is 12.1. The van der Waals surface area contributed by atoms with Crippen LogP contribution >= 0.6 is 11.3 Å². The number of sulfonamides is 1. The molecule has 0 saturated heterocycles. The lowest BCUT2D eigenvalue weighted by molar-refractivity contribution is -0.121. The molecular weight excluding hydrogens is 364 g/mol. The van der Waals surface area contributed by atoms with Gasteiger partial charge in [0.15, 0.2) is 5.78 Å². The summed E-state index contributed by atoms with van der Waals surface area (Å²) in [4.78, 5) is 26.1. The van der Waals surface area contributed by atoms with Gasteiger partial charge in [-0.1, -0.05) is 6.07 Å². The highest BCUT2D eigenvalue weighted by molar-refractivity contribution is 7.89. The number of benzene rings is 1. The van der Waals surface area contributed by atoms with E-state index in [-0.39, 0.29) is 23.5 Å². The third kappa shape index (κ3) is 5.66. The van der Waals surface area contributed by atoms with Gasteiger partial charge in [0.05, 0.1) is 16.4 Å². The van der Waals surface area contributed by atoms with E-state index in [9.17, 15) is 18.0 Å². The summed E-state index contributed by atoms with van der Waals surface area (Å²) in [7, 11) is -3.89. The van der Waals surface area contributed by atoms with Crippen molar-refractivity contribution < 1.29 is 22.7 Å². The van der Waals surface area contributed by atoms with E-state index in [2.05, 4.69) is 5.43 Å². The lowest BCUT2D eigenvalue weighted by Gasteiger charge is -2.09.